The molecule has 20 heavy (non-hydrogen) atoms. The zero-order valence-electron chi connectivity index (χ0n) is 11.6. The molecule has 3 nitrogen and oxygen atoms in total. The van der Waals surface area contributed by atoms with Crippen LogP contribution in [0.25, 0.3) is 0 Å². The molecular formula is C16H17NO2S. The number of anilines is 1. The predicted molar refractivity (Wildman–Crippen MR) is 81.9 cm³/mol. The number of fused-ring (bicyclic) bond motifs is 1. The first-order valence-corrected chi connectivity index (χ1v) is 7.59. The molecule has 0 saturated carbocycles. The average molecular weight is 287 g/mol. The van der Waals surface area contributed by atoms with E-state index in [2.05, 4.69) is 0 Å². The number of amides is 1. The topological polar surface area (TPSA) is 40.5 Å². The molecule has 2 heterocycles. The molecule has 0 fully saturated rings. The van der Waals surface area contributed by atoms with Gasteiger partial charge in [0.1, 0.15) is 5.75 Å². The summed E-state index contributed by atoms with van der Waals surface area (Å²) >= 11 is 1.52. The van der Waals surface area contributed by atoms with Gasteiger partial charge in [0.2, 0.25) is 0 Å². The lowest BCUT2D eigenvalue weighted by Gasteiger charge is -2.29. The Morgan fingerprint density at radius 1 is 1.35 bits per heavy atom. The molecule has 0 aliphatic carbocycles. The molecule has 2 aromatic rings. The molecule has 0 unspecified atom stereocenters. The minimum Gasteiger partial charge on any atom is -0.506 e. The molecule has 1 aliphatic rings. The minimum atomic E-state index is -0.00588. The Labute approximate surface area is 122 Å². The number of carbonyl (C=O) groups is 1. The SMILES string of the molecule is Cc1cc(C(=O)N2CCCc3cccc(O)c32)sc1C. The number of rotatable bonds is 1. The van der Waals surface area contributed by atoms with Gasteiger partial charge in [-0.2, -0.15) is 0 Å². The fourth-order valence-corrected chi connectivity index (χ4v) is 3.63. The van der Waals surface area contributed by atoms with E-state index in [1.54, 1.807) is 11.0 Å². The number of phenols is 1. The van der Waals surface area contributed by atoms with E-state index in [0.29, 0.717) is 12.2 Å². The third-order valence-corrected chi connectivity index (χ3v) is 4.96. The Kier molecular flexibility index (Phi) is 3.26. The maximum atomic E-state index is 12.7. The molecule has 1 N–H and O–H groups in total. The molecule has 1 aliphatic heterocycles. The Hall–Kier alpha value is -1.81. The van der Waals surface area contributed by atoms with E-state index in [4.69, 9.17) is 0 Å². The first kappa shape index (κ1) is 13.2. The van der Waals surface area contributed by atoms with Crippen molar-refractivity contribution in [2.24, 2.45) is 0 Å². The second kappa shape index (κ2) is 4.94. The van der Waals surface area contributed by atoms with Crippen LogP contribution in [-0.2, 0) is 6.42 Å². The van der Waals surface area contributed by atoms with Crippen molar-refractivity contribution in [3.63, 3.8) is 0 Å². The van der Waals surface area contributed by atoms with Gasteiger partial charge in [0.05, 0.1) is 10.6 Å². The highest BCUT2D eigenvalue weighted by Gasteiger charge is 2.27. The predicted octanol–water partition coefficient (Wildman–Crippen LogP) is 3.66. The lowest BCUT2D eigenvalue weighted by atomic mass is 10.0. The van der Waals surface area contributed by atoms with Crippen LogP contribution in [-0.4, -0.2) is 17.6 Å². The molecule has 0 bridgehead atoms. The number of benzene rings is 1. The van der Waals surface area contributed by atoms with Gasteiger partial charge in [-0.1, -0.05) is 12.1 Å². The van der Waals surface area contributed by atoms with Gasteiger partial charge < -0.3 is 10.0 Å². The van der Waals surface area contributed by atoms with Gasteiger partial charge in [0.15, 0.2) is 0 Å². The Morgan fingerprint density at radius 3 is 2.85 bits per heavy atom. The molecule has 0 radical (unpaired) electrons. The fourth-order valence-electron chi connectivity index (χ4n) is 2.65. The molecule has 4 heteroatoms. The van der Waals surface area contributed by atoms with Crippen LogP contribution in [0, 0.1) is 13.8 Å². The second-order valence-electron chi connectivity index (χ2n) is 5.20. The van der Waals surface area contributed by atoms with Gasteiger partial charge in [-0.3, -0.25) is 4.79 Å². The zero-order valence-corrected chi connectivity index (χ0v) is 12.5. The number of aryl methyl sites for hydroxylation is 3. The quantitative estimate of drug-likeness (QED) is 0.869. The van der Waals surface area contributed by atoms with Gasteiger partial charge in [0.25, 0.3) is 5.91 Å². The largest absolute Gasteiger partial charge is 0.506 e. The second-order valence-corrected chi connectivity index (χ2v) is 6.45. The maximum absolute atomic E-state index is 12.7. The van der Waals surface area contributed by atoms with Crippen molar-refractivity contribution in [3.05, 3.63) is 45.1 Å². The first-order chi connectivity index (χ1) is 9.58. The fraction of sp³-hybridized carbons (Fsp3) is 0.312. The minimum absolute atomic E-state index is 0.00588. The number of hydrogen-bond donors (Lipinski definition) is 1. The number of nitrogens with zero attached hydrogens (tertiary/aromatic N) is 1. The van der Waals surface area contributed by atoms with Gasteiger partial charge in [-0.25, -0.2) is 0 Å². The molecule has 3 rings (SSSR count). The van der Waals surface area contributed by atoms with Gasteiger partial charge >= 0.3 is 0 Å². The Balaban J connectivity index is 2.02. The van der Waals surface area contributed by atoms with Crippen molar-refractivity contribution in [2.75, 3.05) is 11.4 Å². The van der Waals surface area contributed by atoms with Crippen LogP contribution in [0.2, 0.25) is 0 Å². The molecule has 0 atom stereocenters. The van der Waals surface area contributed by atoms with E-state index in [1.807, 2.05) is 32.0 Å². The summed E-state index contributed by atoms with van der Waals surface area (Å²) < 4.78 is 0. The van der Waals surface area contributed by atoms with E-state index in [0.717, 1.165) is 28.8 Å². The third-order valence-electron chi connectivity index (χ3n) is 3.82. The molecule has 0 saturated heterocycles. The van der Waals surface area contributed by atoms with Gasteiger partial charge in [-0.05, 0) is 49.9 Å². The first-order valence-electron chi connectivity index (χ1n) is 6.77. The molecule has 1 amide bonds. The zero-order chi connectivity index (χ0) is 14.3. The average Bonchev–Trinajstić information content (AvgIpc) is 2.78. The normalized spacial score (nSPS) is 14.2. The smallest absolute Gasteiger partial charge is 0.268 e. The lowest BCUT2D eigenvalue weighted by molar-refractivity contribution is 0.0988. The number of carbonyl (C=O) groups excluding carboxylic acids is 1. The van der Waals surface area contributed by atoms with Crippen molar-refractivity contribution in [1.29, 1.82) is 0 Å². The highest BCUT2D eigenvalue weighted by atomic mass is 32.1. The van der Waals surface area contributed by atoms with Crippen LogP contribution in [0.5, 0.6) is 5.75 Å². The summed E-state index contributed by atoms with van der Waals surface area (Å²) in [7, 11) is 0. The van der Waals surface area contributed by atoms with E-state index in [1.165, 1.54) is 16.2 Å². The standard InChI is InChI=1S/C16H17NO2S/c1-10-9-14(20-11(10)2)16(19)17-8-4-6-12-5-3-7-13(18)15(12)17/h3,5,7,9,18H,4,6,8H2,1-2H3. The number of thiophene rings is 1. The summed E-state index contributed by atoms with van der Waals surface area (Å²) in [6.45, 7) is 4.71. The van der Waals surface area contributed by atoms with E-state index in [9.17, 15) is 9.90 Å². The maximum Gasteiger partial charge on any atom is 0.268 e. The van der Waals surface area contributed by atoms with E-state index >= 15 is 0 Å². The number of para-hydroxylation sites is 1. The monoisotopic (exact) mass is 287 g/mol. The summed E-state index contributed by atoms with van der Waals surface area (Å²) in [5.41, 5.74) is 2.88. The van der Waals surface area contributed by atoms with Crippen molar-refractivity contribution in [3.8, 4) is 5.75 Å². The summed E-state index contributed by atoms with van der Waals surface area (Å²) in [6.07, 6.45) is 1.85. The van der Waals surface area contributed by atoms with Crippen LogP contribution in [0.1, 0.15) is 32.1 Å². The van der Waals surface area contributed by atoms with Crippen LogP contribution in [0.3, 0.4) is 0 Å². The molecular weight excluding hydrogens is 270 g/mol. The highest BCUT2D eigenvalue weighted by Crippen LogP contribution is 2.37. The van der Waals surface area contributed by atoms with E-state index < -0.39 is 0 Å². The van der Waals surface area contributed by atoms with Crippen molar-refractivity contribution in [2.45, 2.75) is 26.7 Å². The molecule has 0 spiro atoms. The summed E-state index contributed by atoms with van der Waals surface area (Å²) in [4.78, 5) is 16.3. The Bertz CT molecular complexity index is 656. The van der Waals surface area contributed by atoms with Crippen LogP contribution >= 0.6 is 11.3 Å². The highest BCUT2D eigenvalue weighted by molar-refractivity contribution is 7.14. The summed E-state index contributed by atoms with van der Waals surface area (Å²) in [5, 5.41) is 10.1. The van der Waals surface area contributed by atoms with Crippen LogP contribution < -0.4 is 4.90 Å². The number of aromatic hydroxyl groups is 1. The van der Waals surface area contributed by atoms with Crippen molar-refractivity contribution in [1.82, 2.24) is 0 Å². The molecule has 104 valence electrons. The van der Waals surface area contributed by atoms with Gasteiger partial charge in [-0.15, -0.1) is 11.3 Å². The summed E-state index contributed by atoms with van der Waals surface area (Å²) in [5.74, 6) is 0.189. The van der Waals surface area contributed by atoms with Crippen LogP contribution in [0.4, 0.5) is 5.69 Å². The van der Waals surface area contributed by atoms with E-state index in [-0.39, 0.29) is 11.7 Å². The van der Waals surface area contributed by atoms with Crippen molar-refractivity contribution >= 4 is 22.9 Å². The van der Waals surface area contributed by atoms with Crippen LogP contribution in [0.15, 0.2) is 24.3 Å². The summed E-state index contributed by atoms with van der Waals surface area (Å²) in [6, 6.07) is 7.41. The molecule has 1 aromatic heterocycles. The van der Waals surface area contributed by atoms with Gasteiger partial charge in [0, 0.05) is 11.4 Å². The lowest BCUT2D eigenvalue weighted by Crippen LogP contribution is -2.35. The van der Waals surface area contributed by atoms with Crippen molar-refractivity contribution < 1.29 is 9.90 Å². The number of phenolic OH excluding ortho intramolecular Hbond substituents is 1. The molecule has 1 aromatic carbocycles. The Morgan fingerprint density at radius 2 is 2.15 bits per heavy atom. The third kappa shape index (κ3) is 2.10. The number of hydrogen-bond acceptors (Lipinski definition) is 3.